The summed E-state index contributed by atoms with van der Waals surface area (Å²) in [6.45, 7) is 0.179. The molecule has 1 aromatic rings. The molecule has 0 atom stereocenters. The summed E-state index contributed by atoms with van der Waals surface area (Å²) in [4.78, 5) is 15.9. The van der Waals surface area contributed by atoms with Gasteiger partial charge in [-0.05, 0) is 0 Å². The van der Waals surface area contributed by atoms with Gasteiger partial charge in [0.25, 0.3) is 0 Å². The molecule has 0 radical (unpaired) electrons. The number of unbranched alkanes of at least 4 members (excludes halogenated alkanes) is 2. The van der Waals surface area contributed by atoms with E-state index in [9.17, 15) is 19.4 Å². The Balaban J connectivity index is 2.18. The molecule has 7 heteroatoms. The maximum absolute atomic E-state index is 12.5. The number of carbonyl (C=O) groups excluding carboxylic acids is 1. The number of halogens is 1. The van der Waals surface area contributed by atoms with Gasteiger partial charge in [0.05, 0.1) is 0 Å². The predicted octanol–water partition coefficient (Wildman–Crippen LogP) is 1.61. The van der Waals surface area contributed by atoms with E-state index in [1.165, 1.54) is 12.1 Å². The van der Waals surface area contributed by atoms with Crippen LogP contribution in [0.2, 0.25) is 0 Å². The van der Waals surface area contributed by atoms with Crippen LogP contribution in [0.1, 0.15) is 24.8 Å². The van der Waals surface area contributed by atoms with Crippen LogP contribution >= 0.6 is 0 Å². The number of phenols is 2. The third-order valence-corrected chi connectivity index (χ3v) is 4.70. The molecule has 5 nitrogen and oxygen atoms in total. The monoisotopic (exact) mass is 386 g/mol. The van der Waals surface area contributed by atoms with Crippen molar-refractivity contribution in [3.8, 4) is 11.5 Å². The van der Waals surface area contributed by atoms with Gasteiger partial charge in [-0.2, -0.15) is 0 Å². The fourth-order valence-corrected chi connectivity index (χ4v) is 2.92. The number of hydrogen-bond acceptors (Lipinski definition) is 4. The molecule has 0 aliphatic carbocycles. The van der Waals surface area contributed by atoms with Gasteiger partial charge in [-0.15, -0.1) is 0 Å². The first kappa shape index (κ1) is 17.5. The van der Waals surface area contributed by atoms with Crippen molar-refractivity contribution in [2.75, 3.05) is 20.3 Å². The quantitative estimate of drug-likeness (QED) is 0.444. The predicted molar refractivity (Wildman–Crippen MR) is 87.8 cm³/mol. The second-order valence-corrected chi connectivity index (χ2v) is 6.09. The molecule has 0 saturated carbocycles. The van der Waals surface area contributed by atoms with E-state index in [2.05, 4.69) is 15.6 Å². The summed E-state index contributed by atoms with van der Waals surface area (Å²) in [5.74, 6) is -0.308. The number of nitrogens with zero attached hydrogens (tertiary/aromatic N) is 2. The molecule has 1 saturated heterocycles. The summed E-state index contributed by atoms with van der Waals surface area (Å²) in [6, 6.07) is 4.22. The van der Waals surface area contributed by atoms with E-state index in [0.717, 1.165) is 12.8 Å². The molecule has 2 rings (SSSR count). The van der Waals surface area contributed by atoms with Crippen molar-refractivity contribution in [1.82, 2.24) is 9.80 Å². The summed E-state index contributed by atoms with van der Waals surface area (Å²) >= 11 is 2.88. The first-order valence-electron chi connectivity index (χ1n) is 7.35. The van der Waals surface area contributed by atoms with Gasteiger partial charge < -0.3 is 0 Å². The van der Waals surface area contributed by atoms with Gasteiger partial charge in [-0.3, -0.25) is 0 Å². The van der Waals surface area contributed by atoms with Crippen molar-refractivity contribution in [2.24, 2.45) is 0 Å². The Kier molecular flexibility index (Phi) is 5.79. The van der Waals surface area contributed by atoms with E-state index in [4.69, 9.17) is 0 Å². The summed E-state index contributed by atoms with van der Waals surface area (Å²) < 4.78 is 12.8. The summed E-state index contributed by atoms with van der Waals surface area (Å²) in [7, 11) is 1.76. The Morgan fingerprint density at radius 1 is 1.26 bits per heavy atom. The number of benzene rings is 1. The third-order valence-electron chi connectivity index (χ3n) is 3.67. The molecule has 1 aromatic carbocycles. The molecule has 1 heterocycles. The Hall–Kier alpha value is -1.85. The van der Waals surface area contributed by atoms with Crippen molar-refractivity contribution >= 4 is 32.2 Å². The average molecular weight is 385 g/mol. The fraction of sp³-hybridized carbons (Fsp3) is 0.375. The topological polar surface area (TPSA) is 64.0 Å². The van der Waals surface area contributed by atoms with Gasteiger partial charge in [0.1, 0.15) is 0 Å². The molecule has 2 N–H and O–H groups in total. The van der Waals surface area contributed by atoms with Gasteiger partial charge in [-0.25, -0.2) is 0 Å². The molecule has 1 aliphatic rings. The number of aromatic hydroxyl groups is 2. The van der Waals surface area contributed by atoms with E-state index in [1.807, 2.05) is 0 Å². The van der Waals surface area contributed by atoms with E-state index < -0.39 is 0 Å². The first-order valence-corrected chi connectivity index (χ1v) is 8.20. The van der Waals surface area contributed by atoms with E-state index >= 15 is 0 Å². The molecule has 0 aromatic heterocycles. The minimum atomic E-state index is -0.339. The van der Waals surface area contributed by atoms with Gasteiger partial charge >= 0.3 is 142 Å². The van der Waals surface area contributed by atoms with Crippen LogP contribution in [-0.2, 0) is 4.79 Å². The normalized spacial score (nSPS) is 16.7. The average Bonchev–Trinajstić information content (AvgIpc) is 2.71. The van der Waals surface area contributed by atoms with E-state index in [1.54, 1.807) is 29.0 Å². The summed E-state index contributed by atoms with van der Waals surface area (Å²) in [5.41, 5.74) is 0.871. The maximum atomic E-state index is 12.5. The Labute approximate surface area is 142 Å². The molecule has 1 amide bonds. The van der Waals surface area contributed by atoms with Crippen molar-refractivity contribution in [2.45, 2.75) is 19.3 Å². The third kappa shape index (κ3) is 3.92. The van der Waals surface area contributed by atoms with E-state index in [0.29, 0.717) is 28.9 Å². The molecular formula is C16H19FN2O3Se. The number of alkyl halides is 1. The number of phenolic OH excluding ortho intramolecular Hbond substituents is 2. The molecule has 1 fully saturated rings. The molecule has 0 spiro atoms. The van der Waals surface area contributed by atoms with Crippen LogP contribution in [0.25, 0.3) is 6.08 Å². The summed E-state index contributed by atoms with van der Waals surface area (Å²) in [5, 5.41) is 19.2. The van der Waals surface area contributed by atoms with Gasteiger partial charge in [0, 0.05) is 0 Å². The zero-order valence-corrected chi connectivity index (χ0v) is 14.5. The van der Waals surface area contributed by atoms with Crippen LogP contribution in [0.4, 0.5) is 4.39 Å². The number of rotatable bonds is 6. The molecular weight excluding hydrogens is 366 g/mol. The Morgan fingerprint density at radius 3 is 2.65 bits per heavy atom. The van der Waals surface area contributed by atoms with Crippen LogP contribution in [0.5, 0.6) is 11.5 Å². The van der Waals surface area contributed by atoms with Crippen molar-refractivity contribution < 1.29 is 19.4 Å². The van der Waals surface area contributed by atoms with Crippen molar-refractivity contribution in [1.29, 1.82) is 0 Å². The van der Waals surface area contributed by atoms with Crippen molar-refractivity contribution in [3.05, 3.63) is 29.5 Å². The van der Waals surface area contributed by atoms with Crippen LogP contribution in [0, 0.1) is 0 Å². The summed E-state index contributed by atoms with van der Waals surface area (Å²) in [6.07, 6.45) is 3.54. The minimum absolute atomic E-state index is 0.0404. The zero-order chi connectivity index (χ0) is 17.0. The van der Waals surface area contributed by atoms with Crippen molar-refractivity contribution in [3.63, 3.8) is 0 Å². The van der Waals surface area contributed by atoms with Crippen LogP contribution in [0.3, 0.4) is 0 Å². The Bertz CT molecular complexity index is 648. The van der Waals surface area contributed by atoms with Gasteiger partial charge in [0.2, 0.25) is 0 Å². The Morgan fingerprint density at radius 2 is 2.00 bits per heavy atom. The number of likely N-dealkylation sites (N-methyl/N-ethyl adjacent to an activating group) is 1. The first-order chi connectivity index (χ1) is 11.0. The van der Waals surface area contributed by atoms with E-state index in [-0.39, 0.29) is 24.1 Å². The van der Waals surface area contributed by atoms with Gasteiger partial charge in [-0.1, -0.05) is 0 Å². The molecule has 0 unspecified atom stereocenters. The molecule has 0 bridgehead atoms. The molecule has 23 heavy (non-hydrogen) atoms. The molecule has 124 valence electrons. The van der Waals surface area contributed by atoms with Gasteiger partial charge in [0.15, 0.2) is 0 Å². The zero-order valence-electron chi connectivity index (χ0n) is 12.8. The van der Waals surface area contributed by atoms with Crippen LogP contribution in [-0.4, -0.2) is 66.4 Å². The standard InChI is InChI=1S/C16H19FN2O3Se/c1-18-13(9-11-5-6-12(20)10-14(11)21)15(22)19(16(18)23)8-4-2-3-7-17/h5-6,9-10,20-21H,2-4,7-8H2,1H3/b13-9+. The second kappa shape index (κ2) is 7.62. The number of hydrogen-bond donors (Lipinski definition) is 2. The van der Waals surface area contributed by atoms with Crippen LogP contribution < -0.4 is 0 Å². The van der Waals surface area contributed by atoms with Crippen LogP contribution in [0.15, 0.2) is 23.9 Å². The second-order valence-electron chi connectivity index (χ2n) is 5.32. The number of amides is 1. The number of carbonyl (C=O) groups is 1. The fourth-order valence-electron chi connectivity index (χ4n) is 2.35. The SMILES string of the molecule is CN1C(=[Se])N(CCCCCF)C(=O)/C1=C\c1ccc(O)cc1O. The molecule has 1 aliphatic heterocycles.